The molecule has 3 N–H and O–H groups in total. The molecule has 2 unspecified atom stereocenters. The van der Waals surface area contributed by atoms with Crippen molar-refractivity contribution < 1.29 is 9.59 Å². The summed E-state index contributed by atoms with van der Waals surface area (Å²) in [6.45, 7) is 4.31. The Morgan fingerprint density at radius 3 is 2.50 bits per heavy atom. The van der Waals surface area contributed by atoms with E-state index in [0.717, 1.165) is 65.8 Å². The third kappa shape index (κ3) is 6.92. The highest BCUT2D eigenvalue weighted by molar-refractivity contribution is 5.91. The van der Waals surface area contributed by atoms with Crippen molar-refractivity contribution in [3.8, 4) is 11.4 Å². The largest absolute Gasteiger partial charge is 0.388 e. The maximum atomic E-state index is 11.9. The van der Waals surface area contributed by atoms with Gasteiger partial charge in [0.25, 0.3) is 0 Å². The predicted molar refractivity (Wildman–Crippen MR) is 141 cm³/mol. The number of H-pyrrole nitrogens is 1. The van der Waals surface area contributed by atoms with Crippen LogP contribution in [0.3, 0.4) is 0 Å². The van der Waals surface area contributed by atoms with Crippen molar-refractivity contribution >= 4 is 34.6 Å². The fraction of sp³-hybridized carbons (Fsp3) is 0.464. The molecule has 34 heavy (non-hydrogen) atoms. The molecule has 1 fully saturated rings. The van der Waals surface area contributed by atoms with Crippen LogP contribution in [0.15, 0.2) is 42.5 Å². The number of nitrogens with zero attached hydrogens (tertiary/aromatic N) is 1. The molecule has 0 aliphatic heterocycles. The van der Waals surface area contributed by atoms with Gasteiger partial charge >= 0.3 is 0 Å². The van der Waals surface area contributed by atoms with Gasteiger partial charge in [0.05, 0.1) is 11.0 Å². The minimum Gasteiger partial charge on any atom is -0.388 e. The summed E-state index contributed by atoms with van der Waals surface area (Å²) in [5.74, 6) is 2.01. The Morgan fingerprint density at radius 1 is 1.09 bits per heavy atom. The third-order valence-electron chi connectivity index (χ3n) is 6.64. The fourth-order valence-electron chi connectivity index (χ4n) is 4.52. The topological polar surface area (TPSA) is 86.9 Å². The summed E-state index contributed by atoms with van der Waals surface area (Å²) < 4.78 is 0. The molecule has 1 aromatic heterocycles. The number of amides is 1. The van der Waals surface area contributed by atoms with E-state index in [-0.39, 0.29) is 5.91 Å². The Labute approximate surface area is 202 Å². The molecular weight excluding hydrogens is 424 g/mol. The lowest BCUT2D eigenvalue weighted by Crippen LogP contribution is -2.10. The number of nitrogens with one attached hydrogen (secondary N) is 3. The van der Waals surface area contributed by atoms with Gasteiger partial charge in [-0.15, -0.1) is 0 Å². The van der Waals surface area contributed by atoms with Crippen LogP contribution in [-0.2, 0) is 9.59 Å². The summed E-state index contributed by atoms with van der Waals surface area (Å²) in [6.07, 6.45) is 9.73. The number of carbonyl (C=O) groups excluding carboxylic acids is 2. The van der Waals surface area contributed by atoms with Crippen molar-refractivity contribution in [1.29, 1.82) is 0 Å². The molecule has 2 atom stereocenters. The Hall–Kier alpha value is -3.15. The molecule has 1 aliphatic rings. The normalized spacial score (nSPS) is 17.1. The lowest BCUT2D eigenvalue weighted by molar-refractivity contribution is -0.116. The van der Waals surface area contributed by atoms with Gasteiger partial charge in [0, 0.05) is 36.3 Å². The number of anilines is 2. The summed E-state index contributed by atoms with van der Waals surface area (Å²) in [5.41, 5.74) is 4.78. The zero-order chi connectivity index (χ0) is 24.3. The van der Waals surface area contributed by atoms with Crippen molar-refractivity contribution in [2.75, 3.05) is 17.7 Å². The molecule has 1 amide bonds. The maximum absolute atomic E-state index is 11.9. The molecule has 1 aliphatic carbocycles. The van der Waals surface area contributed by atoms with Gasteiger partial charge in [-0.3, -0.25) is 4.79 Å². The number of fused-ring (bicyclic) bond motifs is 1. The van der Waals surface area contributed by atoms with Gasteiger partial charge in [-0.05, 0) is 67.6 Å². The molecule has 1 saturated carbocycles. The Kier molecular flexibility index (Phi) is 9.68. The van der Waals surface area contributed by atoms with Gasteiger partial charge in [-0.25, -0.2) is 4.98 Å². The summed E-state index contributed by atoms with van der Waals surface area (Å²) >= 11 is 0. The number of hydrogen-bond acceptors (Lipinski definition) is 4. The highest BCUT2D eigenvalue weighted by atomic mass is 16.1. The van der Waals surface area contributed by atoms with Crippen LogP contribution in [0.1, 0.15) is 65.2 Å². The first-order valence-corrected chi connectivity index (χ1v) is 12.6. The monoisotopic (exact) mass is 462 g/mol. The quantitative estimate of drug-likeness (QED) is 0.241. The minimum atomic E-state index is 0.0736. The van der Waals surface area contributed by atoms with Gasteiger partial charge in [0.15, 0.2) is 0 Å². The number of aldehydes is 1. The summed E-state index contributed by atoms with van der Waals surface area (Å²) in [5, 5.41) is 6.07. The van der Waals surface area contributed by atoms with Crippen LogP contribution in [0.4, 0.5) is 11.4 Å². The van der Waals surface area contributed by atoms with E-state index < -0.39 is 0 Å². The number of hydrogen-bond donors (Lipinski definition) is 3. The van der Waals surface area contributed by atoms with E-state index in [1.807, 2.05) is 49.5 Å². The molecule has 6 heteroatoms. The van der Waals surface area contributed by atoms with E-state index in [2.05, 4.69) is 34.4 Å². The summed E-state index contributed by atoms with van der Waals surface area (Å²) in [4.78, 5) is 30.2. The van der Waals surface area contributed by atoms with E-state index in [0.29, 0.717) is 18.3 Å². The first-order valence-electron chi connectivity index (χ1n) is 12.6. The SMILES string of the molecule is CCC1CCCC1C=O.CCCCCC(=O)Nc1ccc(-c2nc3ccc(NC)cc3[nH]2)cc1. The van der Waals surface area contributed by atoms with E-state index >= 15 is 0 Å². The van der Waals surface area contributed by atoms with Gasteiger partial charge in [0.1, 0.15) is 12.1 Å². The molecule has 0 saturated heterocycles. The first-order chi connectivity index (χ1) is 16.6. The van der Waals surface area contributed by atoms with Gasteiger partial charge < -0.3 is 20.4 Å². The minimum absolute atomic E-state index is 0.0736. The molecule has 0 radical (unpaired) electrons. The lowest BCUT2D eigenvalue weighted by atomic mass is 9.95. The maximum Gasteiger partial charge on any atom is 0.224 e. The molecule has 2 aromatic carbocycles. The average Bonchev–Trinajstić information content (AvgIpc) is 3.51. The highest BCUT2D eigenvalue weighted by Gasteiger charge is 2.24. The Balaban J connectivity index is 0.000000302. The number of imidazole rings is 1. The zero-order valence-electron chi connectivity index (χ0n) is 20.7. The van der Waals surface area contributed by atoms with Crippen molar-refractivity contribution in [3.05, 3.63) is 42.5 Å². The van der Waals surface area contributed by atoms with Crippen LogP contribution in [0.25, 0.3) is 22.4 Å². The number of carbonyl (C=O) groups is 2. The van der Waals surface area contributed by atoms with Gasteiger partial charge in [-0.1, -0.05) is 39.5 Å². The number of rotatable bonds is 9. The molecular formula is C28H38N4O2. The standard InChI is InChI=1S/C20H24N4O.C8H14O/c1-3-4-5-6-19(25)22-15-9-7-14(8-10-15)20-23-17-12-11-16(21-2)13-18(17)24-20;1-2-7-4-3-5-8(7)6-9/h7-13,21H,3-6H2,1-2H3,(H,22,25)(H,23,24);6-8H,2-5H2,1H3. The van der Waals surface area contributed by atoms with Crippen LogP contribution in [0.5, 0.6) is 0 Å². The lowest BCUT2D eigenvalue weighted by Gasteiger charge is -2.09. The van der Waals surface area contributed by atoms with E-state index in [1.165, 1.54) is 19.3 Å². The second-order valence-electron chi connectivity index (χ2n) is 9.05. The average molecular weight is 463 g/mol. The van der Waals surface area contributed by atoms with E-state index in [1.54, 1.807) is 0 Å². The number of unbranched alkanes of at least 4 members (excludes halogenated alkanes) is 2. The van der Waals surface area contributed by atoms with E-state index in [4.69, 9.17) is 0 Å². The molecule has 3 aromatic rings. The number of aromatic nitrogens is 2. The smallest absolute Gasteiger partial charge is 0.224 e. The molecule has 0 spiro atoms. The summed E-state index contributed by atoms with van der Waals surface area (Å²) in [6, 6.07) is 13.8. The van der Waals surface area contributed by atoms with Crippen molar-refractivity contribution in [3.63, 3.8) is 0 Å². The first kappa shape index (κ1) is 25.5. The van der Waals surface area contributed by atoms with Crippen LogP contribution >= 0.6 is 0 Å². The Morgan fingerprint density at radius 2 is 1.85 bits per heavy atom. The fourth-order valence-corrected chi connectivity index (χ4v) is 4.52. The van der Waals surface area contributed by atoms with Gasteiger partial charge in [-0.2, -0.15) is 0 Å². The number of aromatic amines is 1. The van der Waals surface area contributed by atoms with Crippen LogP contribution in [-0.4, -0.2) is 29.2 Å². The summed E-state index contributed by atoms with van der Waals surface area (Å²) in [7, 11) is 1.90. The molecule has 4 rings (SSSR count). The molecule has 6 nitrogen and oxygen atoms in total. The number of benzene rings is 2. The van der Waals surface area contributed by atoms with Crippen LogP contribution in [0, 0.1) is 11.8 Å². The second kappa shape index (κ2) is 12.9. The zero-order valence-corrected chi connectivity index (χ0v) is 20.7. The third-order valence-corrected chi connectivity index (χ3v) is 6.64. The Bertz CT molecular complexity index is 1060. The predicted octanol–water partition coefficient (Wildman–Crippen LogP) is 6.80. The second-order valence-corrected chi connectivity index (χ2v) is 9.05. The van der Waals surface area contributed by atoms with Crippen molar-refractivity contribution in [2.45, 2.75) is 65.2 Å². The van der Waals surface area contributed by atoms with Crippen molar-refractivity contribution in [2.24, 2.45) is 11.8 Å². The van der Waals surface area contributed by atoms with Crippen molar-refractivity contribution in [1.82, 2.24) is 9.97 Å². The van der Waals surface area contributed by atoms with Crippen LogP contribution < -0.4 is 10.6 Å². The molecule has 0 bridgehead atoms. The molecule has 182 valence electrons. The molecule has 1 heterocycles. The van der Waals surface area contributed by atoms with Gasteiger partial charge in [0.2, 0.25) is 5.91 Å². The highest BCUT2D eigenvalue weighted by Crippen LogP contribution is 2.32. The van der Waals surface area contributed by atoms with Crippen LogP contribution in [0.2, 0.25) is 0 Å². The van der Waals surface area contributed by atoms with E-state index in [9.17, 15) is 9.59 Å².